The van der Waals surface area contributed by atoms with Gasteiger partial charge in [0.25, 0.3) is 11.8 Å². The van der Waals surface area contributed by atoms with Crippen LogP contribution in [0.4, 0.5) is 5.69 Å². The maximum absolute atomic E-state index is 12.4. The van der Waals surface area contributed by atoms with Gasteiger partial charge in [-0.05, 0) is 49.1 Å². The van der Waals surface area contributed by atoms with E-state index >= 15 is 0 Å². The number of imide groups is 1. The number of carbonyl (C=O) groups is 3. The average molecular weight is 433 g/mol. The van der Waals surface area contributed by atoms with Gasteiger partial charge >= 0.3 is 0 Å². The van der Waals surface area contributed by atoms with E-state index in [0.717, 1.165) is 15.1 Å². The first-order valence-electron chi connectivity index (χ1n) is 8.09. The van der Waals surface area contributed by atoms with Crippen LogP contribution in [0.25, 0.3) is 0 Å². The molecule has 5 nitrogen and oxygen atoms in total. The van der Waals surface area contributed by atoms with E-state index in [1.54, 1.807) is 30.0 Å². The highest BCUT2D eigenvalue weighted by Crippen LogP contribution is 2.26. The zero-order valence-electron chi connectivity index (χ0n) is 14.1. The number of thioether (sulfide) groups is 1. The van der Waals surface area contributed by atoms with Crippen LogP contribution in [0.5, 0.6) is 0 Å². The van der Waals surface area contributed by atoms with Crippen LogP contribution < -0.4 is 5.32 Å². The summed E-state index contributed by atoms with van der Waals surface area (Å²) in [5.74, 6) is -0.743. The summed E-state index contributed by atoms with van der Waals surface area (Å²) in [7, 11) is 0. The Bertz CT molecular complexity index is 885. The smallest absolute Gasteiger partial charge is 0.261 e. The van der Waals surface area contributed by atoms with Crippen molar-refractivity contribution in [2.24, 2.45) is 0 Å². The van der Waals surface area contributed by atoms with Crippen LogP contribution in [0.15, 0.2) is 51.8 Å². The van der Waals surface area contributed by atoms with Crippen molar-refractivity contribution in [1.82, 2.24) is 4.90 Å². The minimum absolute atomic E-state index is 0.136. The monoisotopic (exact) mass is 432 g/mol. The average Bonchev–Trinajstić information content (AvgIpc) is 2.86. The minimum Gasteiger partial charge on any atom is -0.326 e. The van der Waals surface area contributed by atoms with Crippen molar-refractivity contribution in [1.29, 1.82) is 0 Å². The Kier molecular flexibility index (Phi) is 5.78. The molecule has 0 aliphatic carbocycles. The normalized spacial score (nSPS) is 13.1. The van der Waals surface area contributed by atoms with Crippen LogP contribution in [-0.4, -0.2) is 35.4 Å². The molecule has 0 fully saturated rings. The molecule has 0 bridgehead atoms. The zero-order valence-corrected chi connectivity index (χ0v) is 16.5. The molecule has 0 aromatic heterocycles. The summed E-state index contributed by atoms with van der Waals surface area (Å²) in [4.78, 5) is 39.1. The van der Waals surface area contributed by atoms with E-state index < -0.39 is 0 Å². The van der Waals surface area contributed by atoms with Crippen molar-refractivity contribution in [3.8, 4) is 0 Å². The third-order valence-electron chi connectivity index (χ3n) is 4.07. The second-order valence-electron chi connectivity index (χ2n) is 5.84. The van der Waals surface area contributed by atoms with Gasteiger partial charge in [-0.15, -0.1) is 11.8 Å². The van der Waals surface area contributed by atoms with E-state index in [1.165, 1.54) is 4.90 Å². The van der Waals surface area contributed by atoms with Crippen LogP contribution >= 0.6 is 27.7 Å². The Hall–Kier alpha value is -2.12. The molecular formula is C19H17BrN2O3S. The topological polar surface area (TPSA) is 66.5 Å². The molecule has 134 valence electrons. The summed E-state index contributed by atoms with van der Waals surface area (Å²) in [6, 6.07) is 12.6. The van der Waals surface area contributed by atoms with E-state index in [2.05, 4.69) is 21.2 Å². The summed E-state index contributed by atoms with van der Waals surface area (Å²) >= 11 is 4.91. The van der Waals surface area contributed by atoms with Gasteiger partial charge in [0.1, 0.15) is 0 Å². The number of benzene rings is 2. The molecule has 1 aliphatic rings. The molecule has 1 heterocycles. The highest BCUT2D eigenvalue weighted by molar-refractivity contribution is 9.10. The van der Waals surface area contributed by atoms with Crippen LogP contribution in [0.2, 0.25) is 0 Å². The fraction of sp³-hybridized carbons (Fsp3) is 0.211. The number of hydrogen-bond donors (Lipinski definition) is 1. The third-order valence-corrected chi connectivity index (χ3v) is 5.29. The van der Waals surface area contributed by atoms with Crippen molar-refractivity contribution in [2.75, 3.05) is 18.1 Å². The molecule has 0 radical (unpaired) electrons. The van der Waals surface area contributed by atoms with Gasteiger partial charge in [0.15, 0.2) is 0 Å². The molecule has 2 aromatic rings. The Morgan fingerprint density at radius 1 is 1.12 bits per heavy atom. The molecule has 2 aromatic carbocycles. The van der Waals surface area contributed by atoms with Crippen LogP contribution in [0.3, 0.4) is 0 Å². The molecule has 0 spiro atoms. The lowest BCUT2D eigenvalue weighted by atomic mass is 10.1. The van der Waals surface area contributed by atoms with E-state index in [9.17, 15) is 14.4 Å². The molecule has 3 amide bonds. The number of fused-ring (bicyclic) bond motifs is 1. The minimum atomic E-state index is -0.306. The quantitative estimate of drug-likeness (QED) is 0.548. The molecule has 0 saturated heterocycles. The molecule has 0 atom stereocenters. The summed E-state index contributed by atoms with van der Waals surface area (Å²) in [5.41, 5.74) is 1.56. The van der Waals surface area contributed by atoms with Crippen molar-refractivity contribution >= 4 is 51.1 Å². The van der Waals surface area contributed by atoms with Crippen LogP contribution in [0.1, 0.15) is 33.6 Å². The summed E-state index contributed by atoms with van der Waals surface area (Å²) in [6.45, 7) is 0.224. The SMILES string of the molecule is CSc1cccc(NC(=O)CCCN2C(=O)c3ccc(Br)cc3C2=O)c1. The standard InChI is InChI=1S/C19H17BrN2O3S/c1-26-14-5-2-4-13(11-14)21-17(23)6-3-9-22-18(24)15-8-7-12(20)10-16(15)19(22)25/h2,4-5,7-8,10-11H,3,6,9H2,1H3,(H,21,23). The molecule has 1 aliphatic heterocycles. The first-order valence-corrected chi connectivity index (χ1v) is 10.1. The lowest BCUT2D eigenvalue weighted by molar-refractivity contribution is -0.116. The van der Waals surface area contributed by atoms with Gasteiger partial charge < -0.3 is 5.32 Å². The number of carbonyl (C=O) groups excluding carboxylic acids is 3. The molecule has 3 rings (SSSR count). The first-order chi connectivity index (χ1) is 12.5. The van der Waals surface area contributed by atoms with Crippen LogP contribution in [-0.2, 0) is 4.79 Å². The highest BCUT2D eigenvalue weighted by Gasteiger charge is 2.35. The summed E-state index contributed by atoms with van der Waals surface area (Å²) in [6.07, 6.45) is 2.63. The van der Waals surface area contributed by atoms with E-state index in [-0.39, 0.29) is 30.7 Å². The number of hydrogen-bond acceptors (Lipinski definition) is 4. The van der Waals surface area contributed by atoms with Crippen molar-refractivity contribution < 1.29 is 14.4 Å². The molecule has 0 saturated carbocycles. The van der Waals surface area contributed by atoms with Gasteiger partial charge in [0, 0.05) is 28.0 Å². The molecule has 26 heavy (non-hydrogen) atoms. The lowest BCUT2D eigenvalue weighted by Crippen LogP contribution is -2.31. The van der Waals surface area contributed by atoms with Crippen molar-refractivity contribution in [3.05, 3.63) is 58.1 Å². The van der Waals surface area contributed by atoms with Gasteiger partial charge in [-0.25, -0.2) is 0 Å². The summed E-state index contributed by atoms with van der Waals surface area (Å²) in [5, 5.41) is 2.84. The first kappa shape index (κ1) is 18.7. The van der Waals surface area contributed by atoms with Gasteiger partial charge in [-0.1, -0.05) is 22.0 Å². The highest BCUT2D eigenvalue weighted by atomic mass is 79.9. The number of halogens is 1. The molecular weight excluding hydrogens is 416 g/mol. The fourth-order valence-electron chi connectivity index (χ4n) is 2.79. The van der Waals surface area contributed by atoms with Gasteiger partial charge in [-0.3, -0.25) is 19.3 Å². The molecule has 7 heteroatoms. The largest absolute Gasteiger partial charge is 0.326 e. The zero-order chi connectivity index (χ0) is 18.7. The number of anilines is 1. The van der Waals surface area contributed by atoms with E-state index in [0.29, 0.717) is 17.5 Å². The molecule has 1 N–H and O–H groups in total. The third kappa shape index (κ3) is 3.99. The van der Waals surface area contributed by atoms with Crippen LogP contribution in [0, 0.1) is 0 Å². The van der Waals surface area contributed by atoms with Gasteiger partial charge in [-0.2, -0.15) is 0 Å². The number of rotatable bonds is 6. The second-order valence-corrected chi connectivity index (χ2v) is 7.63. The van der Waals surface area contributed by atoms with Crippen molar-refractivity contribution in [3.63, 3.8) is 0 Å². The predicted molar refractivity (Wildman–Crippen MR) is 106 cm³/mol. The van der Waals surface area contributed by atoms with Gasteiger partial charge in [0.2, 0.25) is 5.91 Å². The Balaban J connectivity index is 1.54. The second kappa shape index (κ2) is 8.05. The Labute approximate surface area is 164 Å². The predicted octanol–water partition coefficient (Wildman–Crippen LogP) is 4.19. The van der Waals surface area contributed by atoms with E-state index in [1.807, 2.05) is 30.5 Å². The Morgan fingerprint density at radius 2 is 1.88 bits per heavy atom. The number of nitrogens with zero attached hydrogens (tertiary/aromatic N) is 1. The Morgan fingerprint density at radius 3 is 2.65 bits per heavy atom. The number of nitrogens with one attached hydrogen (secondary N) is 1. The van der Waals surface area contributed by atoms with Gasteiger partial charge in [0.05, 0.1) is 11.1 Å². The lowest BCUT2D eigenvalue weighted by Gasteiger charge is -2.13. The fourth-order valence-corrected chi connectivity index (χ4v) is 3.61. The number of amides is 3. The maximum Gasteiger partial charge on any atom is 0.261 e. The molecule has 0 unspecified atom stereocenters. The van der Waals surface area contributed by atoms with E-state index in [4.69, 9.17) is 0 Å². The summed E-state index contributed by atoms with van der Waals surface area (Å²) < 4.78 is 0.756. The maximum atomic E-state index is 12.4. The van der Waals surface area contributed by atoms with Crippen molar-refractivity contribution in [2.45, 2.75) is 17.7 Å².